The van der Waals surface area contributed by atoms with E-state index in [9.17, 15) is 9.59 Å². The zero-order valence-electron chi connectivity index (χ0n) is 8.10. The molecule has 0 heterocycles. The van der Waals surface area contributed by atoms with Crippen molar-refractivity contribution in [3.05, 3.63) is 41.5 Å². The number of thiol groups is 1. The fraction of sp³-hybridized carbons (Fsp3) is 0.0909. The van der Waals surface area contributed by atoms with Crippen LogP contribution in [-0.2, 0) is 9.59 Å². The van der Waals surface area contributed by atoms with Crippen molar-refractivity contribution < 1.29 is 14.7 Å². The minimum absolute atomic E-state index is 0.0887. The Hall–Kier alpha value is -1.55. The third-order valence-corrected chi connectivity index (χ3v) is 2.10. The first-order chi connectivity index (χ1) is 7.00. The first-order valence-electron chi connectivity index (χ1n) is 4.25. The molecule has 0 saturated carbocycles. The van der Waals surface area contributed by atoms with Crippen LogP contribution in [0.25, 0.3) is 5.57 Å². The summed E-state index contributed by atoms with van der Waals surface area (Å²) in [4.78, 5) is 21.6. The second kappa shape index (κ2) is 4.79. The lowest BCUT2D eigenvalue weighted by Gasteiger charge is -2.02. The average molecular weight is 222 g/mol. The standard InChI is InChI=1S/C11H10O3S/c1-7-2-4-8(5-3-7)9(11(14)15)6-10(12)13/h2-6H,1H3,(H,12,13)(H,14,15). The summed E-state index contributed by atoms with van der Waals surface area (Å²) in [6.07, 6.45) is 0.861. The summed E-state index contributed by atoms with van der Waals surface area (Å²) >= 11 is 3.63. The lowest BCUT2D eigenvalue weighted by Crippen LogP contribution is -1.98. The molecule has 15 heavy (non-hydrogen) atoms. The number of carbonyl (C=O) groups excluding carboxylic acids is 1. The molecule has 1 aromatic rings. The van der Waals surface area contributed by atoms with Gasteiger partial charge >= 0.3 is 5.97 Å². The van der Waals surface area contributed by atoms with Crippen LogP contribution in [0.15, 0.2) is 30.3 Å². The zero-order valence-corrected chi connectivity index (χ0v) is 8.99. The van der Waals surface area contributed by atoms with Crippen LogP contribution in [0, 0.1) is 6.92 Å². The smallest absolute Gasteiger partial charge is 0.329 e. The molecule has 1 aromatic carbocycles. The van der Waals surface area contributed by atoms with Gasteiger partial charge in [0.05, 0.1) is 0 Å². The molecule has 1 rings (SSSR count). The molecule has 4 heteroatoms. The number of aliphatic carboxylic acids is 1. The van der Waals surface area contributed by atoms with E-state index in [1.165, 1.54) is 0 Å². The maximum atomic E-state index is 11.1. The Morgan fingerprint density at radius 1 is 1.27 bits per heavy atom. The number of hydrogen-bond acceptors (Lipinski definition) is 2. The molecule has 0 spiro atoms. The van der Waals surface area contributed by atoms with Crippen LogP contribution in [-0.4, -0.2) is 16.2 Å². The highest BCUT2D eigenvalue weighted by Crippen LogP contribution is 2.17. The Morgan fingerprint density at radius 3 is 2.20 bits per heavy atom. The Morgan fingerprint density at radius 2 is 1.80 bits per heavy atom. The van der Waals surface area contributed by atoms with Crippen molar-refractivity contribution >= 4 is 29.3 Å². The number of carboxylic acids is 1. The van der Waals surface area contributed by atoms with E-state index >= 15 is 0 Å². The SMILES string of the molecule is Cc1ccc(C(=CC(=O)O)C(=O)S)cc1. The summed E-state index contributed by atoms with van der Waals surface area (Å²) in [6.45, 7) is 1.91. The quantitative estimate of drug-likeness (QED) is 0.607. The summed E-state index contributed by atoms with van der Waals surface area (Å²) in [5.74, 6) is -1.16. The summed E-state index contributed by atoms with van der Waals surface area (Å²) < 4.78 is 0. The lowest BCUT2D eigenvalue weighted by molar-refractivity contribution is -0.131. The highest BCUT2D eigenvalue weighted by atomic mass is 32.1. The van der Waals surface area contributed by atoms with E-state index in [-0.39, 0.29) is 5.57 Å². The van der Waals surface area contributed by atoms with Crippen molar-refractivity contribution in [2.24, 2.45) is 0 Å². The molecule has 1 N–H and O–H groups in total. The van der Waals surface area contributed by atoms with Gasteiger partial charge in [-0.05, 0) is 12.5 Å². The van der Waals surface area contributed by atoms with E-state index in [4.69, 9.17) is 5.11 Å². The summed E-state index contributed by atoms with van der Waals surface area (Å²) in [7, 11) is 0. The largest absolute Gasteiger partial charge is 0.478 e. The monoisotopic (exact) mass is 222 g/mol. The van der Waals surface area contributed by atoms with Crippen LogP contribution in [0.2, 0.25) is 0 Å². The van der Waals surface area contributed by atoms with E-state index in [0.717, 1.165) is 11.6 Å². The summed E-state index contributed by atoms with van der Waals surface area (Å²) in [5, 5.41) is 8.03. The van der Waals surface area contributed by atoms with E-state index in [0.29, 0.717) is 5.56 Å². The van der Waals surface area contributed by atoms with Crippen LogP contribution in [0.1, 0.15) is 11.1 Å². The predicted octanol–water partition coefficient (Wildman–Crippen LogP) is 1.92. The highest BCUT2D eigenvalue weighted by Gasteiger charge is 2.09. The fourth-order valence-electron chi connectivity index (χ4n) is 1.13. The van der Waals surface area contributed by atoms with Crippen LogP contribution in [0.5, 0.6) is 0 Å². The minimum atomic E-state index is -1.16. The molecule has 0 bridgehead atoms. The molecular weight excluding hydrogens is 212 g/mol. The van der Waals surface area contributed by atoms with Gasteiger partial charge in [0.15, 0.2) is 0 Å². The van der Waals surface area contributed by atoms with E-state index in [1.54, 1.807) is 12.1 Å². The van der Waals surface area contributed by atoms with Gasteiger partial charge in [-0.15, -0.1) is 12.6 Å². The van der Waals surface area contributed by atoms with E-state index < -0.39 is 11.1 Å². The normalized spacial score (nSPS) is 11.2. The maximum Gasteiger partial charge on any atom is 0.329 e. The molecule has 0 aliphatic carbocycles. The van der Waals surface area contributed by atoms with Crippen molar-refractivity contribution in [2.75, 3.05) is 0 Å². The van der Waals surface area contributed by atoms with Crippen LogP contribution < -0.4 is 0 Å². The van der Waals surface area contributed by atoms with Gasteiger partial charge in [0, 0.05) is 11.6 Å². The number of benzene rings is 1. The Labute approximate surface area is 92.8 Å². The second-order valence-electron chi connectivity index (χ2n) is 3.07. The summed E-state index contributed by atoms with van der Waals surface area (Å²) in [5.41, 5.74) is 1.69. The first kappa shape index (κ1) is 11.5. The van der Waals surface area contributed by atoms with Gasteiger partial charge in [-0.25, -0.2) is 4.79 Å². The number of aryl methyl sites for hydroxylation is 1. The predicted molar refractivity (Wildman–Crippen MR) is 60.8 cm³/mol. The zero-order chi connectivity index (χ0) is 11.4. The van der Waals surface area contributed by atoms with Crippen molar-refractivity contribution in [3.8, 4) is 0 Å². The molecule has 3 nitrogen and oxygen atoms in total. The molecule has 0 radical (unpaired) electrons. The molecule has 0 amide bonds. The first-order valence-corrected chi connectivity index (χ1v) is 4.70. The summed E-state index contributed by atoms with van der Waals surface area (Å²) in [6, 6.07) is 7.00. The van der Waals surface area contributed by atoms with Gasteiger partial charge in [0.25, 0.3) is 0 Å². The Bertz CT molecular complexity index is 418. The van der Waals surface area contributed by atoms with Crippen molar-refractivity contribution in [3.63, 3.8) is 0 Å². The Kier molecular flexibility index (Phi) is 3.68. The second-order valence-corrected chi connectivity index (χ2v) is 3.47. The molecule has 78 valence electrons. The Balaban J connectivity index is 3.16. The molecule has 0 fully saturated rings. The van der Waals surface area contributed by atoms with Gasteiger partial charge in [-0.3, -0.25) is 4.79 Å². The third-order valence-electron chi connectivity index (χ3n) is 1.86. The molecule has 0 saturated heterocycles. The number of carbonyl (C=O) groups is 2. The van der Waals surface area contributed by atoms with Crippen LogP contribution in [0.3, 0.4) is 0 Å². The maximum absolute atomic E-state index is 11.1. The number of carboxylic acid groups (broad SMARTS) is 1. The lowest BCUT2D eigenvalue weighted by atomic mass is 10.1. The average Bonchev–Trinajstić information content (AvgIpc) is 2.15. The minimum Gasteiger partial charge on any atom is -0.478 e. The third kappa shape index (κ3) is 3.25. The van der Waals surface area contributed by atoms with Gasteiger partial charge in [-0.1, -0.05) is 29.8 Å². The molecular formula is C11H10O3S. The van der Waals surface area contributed by atoms with Crippen molar-refractivity contribution in [2.45, 2.75) is 6.92 Å². The van der Waals surface area contributed by atoms with Crippen LogP contribution in [0.4, 0.5) is 0 Å². The van der Waals surface area contributed by atoms with Gasteiger partial charge < -0.3 is 5.11 Å². The van der Waals surface area contributed by atoms with Crippen LogP contribution >= 0.6 is 12.6 Å². The van der Waals surface area contributed by atoms with Gasteiger partial charge in [-0.2, -0.15) is 0 Å². The van der Waals surface area contributed by atoms with Gasteiger partial charge in [0.2, 0.25) is 5.12 Å². The topological polar surface area (TPSA) is 54.4 Å². The molecule has 0 atom stereocenters. The molecule has 0 aliphatic rings. The van der Waals surface area contributed by atoms with Crippen molar-refractivity contribution in [1.29, 1.82) is 0 Å². The number of rotatable bonds is 3. The molecule has 0 unspecified atom stereocenters. The number of hydrogen-bond donors (Lipinski definition) is 2. The molecule has 0 aliphatic heterocycles. The van der Waals surface area contributed by atoms with E-state index in [1.807, 2.05) is 19.1 Å². The fourth-order valence-corrected chi connectivity index (χ4v) is 1.32. The van der Waals surface area contributed by atoms with Crippen molar-refractivity contribution in [1.82, 2.24) is 0 Å². The highest BCUT2D eigenvalue weighted by molar-refractivity contribution is 7.98. The van der Waals surface area contributed by atoms with E-state index in [2.05, 4.69) is 12.6 Å². The molecule has 0 aromatic heterocycles. The van der Waals surface area contributed by atoms with Gasteiger partial charge in [0.1, 0.15) is 0 Å².